The maximum absolute atomic E-state index is 12.6. The second-order valence-electron chi connectivity index (χ2n) is 5.57. The Balaban J connectivity index is 1.73. The highest BCUT2D eigenvalue weighted by atomic mass is 32.2. The molecule has 1 N–H and O–H groups in total. The average molecular weight is 338 g/mol. The molecular formula is C15H13F3N4S. The first-order chi connectivity index (χ1) is 11.0. The van der Waals surface area contributed by atoms with Crippen LogP contribution in [-0.2, 0) is 0 Å². The zero-order chi connectivity index (χ0) is 16.0. The molecule has 0 bridgehead atoms. The lowest BCUT2D eigenvalue weighted by Crippen LogP contribution is -2.18. The van der Waals surface area contributed by atoms with Crippen LogP contribution in [0.15, 0.2) is 30.7 Å². The number of fused-ring (bicyclic) bond motifs is 3. The fraction of sp³-hybridized carbons (Fsp3) is 0.333. The summed E-state index contributed by atoms with van der Waals surface area (Å²) in [5, 5.41) is 1.95. The second kappa shape index (κ2) is 5.38. The van der Waals surface area contributed by atoms with Crippen LogP contribution in [0.2, 0.25) is 0 Å². The Morgan fingerprint density at radius 3 is 2.96 bits per heavy atom. The van der Waals surface area contributed by atoms with Crippen molar-refractivity contribution < 1.29 is 13.2 Å². The van der Waals surface area contributed by atoms with Crippen LogP contribution in [-0.4, -0.2) is 37.9 Å². The Kier molecular flexibility index (Phi) is 3.46. The summed E-state index contributed by atoms with van der Waals surface area (Å²) in [6, 6.07) is 3.86. The fourth-order valence-electron chi connectivity index (χ4n) is 3.24. The van der Waals surface area contributed by atoms with Gasteiger partial charge in [0.05, 0.1) is 11.7 Å². The predicted molar refractivity (Wildman–Crippen MR) is 84.0 cm³/mol. The van der Waals surface area contributed by atoms with Crippen molar-refractivity contribution in [1.29, 1.82) is 0 Å². The minimum absolute atomic E-state index is 0.0257. The lowest BCUT2D eigenvalue weighted by atomic mass is 9.94. The molecule has 1 aliphatic heterocycles. The van der Waals surface area contributed by atoms with Crippen molar-refractivity contribution in [2.75, 3.05) is 13.1 Å². The van der Waals surface area contributed by atoms with E-state index in [4.69, 9.17) is 0 Å². The first-order valence-electron chi connectivity index (χ1n) is 7.23. The van der Waals surface area contributed by atoms with E-state index < -0.39 is 5.51 Å². The summed E-state index contributed by atoms with van der Waals surface area (Å²) >= 11 is -0.0257. The minimum atomic E-state index is -4.23. The normalized spacial score (nSPS) is 19.9. The summed E-state index contributed by atoms with van der Waals surface area (Å²) in [5.74, 6) is 0.0717. The molecule has 4 rings (SSSR count). The molecule has 0 aromatic carbocycles. The topological polar surface area (TPSA) is 44.8 Å². The van der Waals surface area contributed by atoms with Gasteiger partial charge in [-0.3, -0.25) is 0 Å². The van der Waals surface area contributed by atoms with Crippen molar-refractivity contribution in [2.45, 2.75) is 17.8 Å². The van der Waals surface area contributed by atoms with Crippen LogP contribution in [0.1, 0.15) is 17.9 Å². The monoisotopic (exact) mass is 338 g/mol. The molecule has 3 aromatic heterocycles. The third kappa shape index (κ3) is 2.76. The van der Waals surface area contributed by atoms with Gasteiger partial charge in [0.1, 0.15) is 0 Å². The van der Waals surface area contributed by atoms with Crippen molar-refractivity contribution in [1.82, 2.24) is 19.3 Å². The van der Waals surface area contributed by atoms with Crippen LogP contribution in [0.3, 0.4) is 0 Å². The molecule has 23 heavy (non-hydrogen) atoms. The van der Waals surface area contributed by atoms with Crippen LogP contribution in [0.5, 0.6) is 0 Å². The Morgan fingerprint density at radius 1 is 1.26 bits per heavy atom. The first-order valence-corrected chi connectivity index (χ1v) is 8.00. The van der Waals surface area contributed by atoms with E-state index in [9.17, 15) is 13.2 Å². The molecule has 4 heterocycles. The van der Waals surface area contributed by atoms with Gasteiger partial charge in [0.2, 0.25) is 0 Å². The maximum atomic E-state index is 12.6. The summed E-state index contributed by atoms with van der Waals surface area (Å²) in [5.41, 5.74) is -1.62. The number of halogens is 3. The van der Waals surface area contributed by atoms with Gasteiger partial charge >= 0.3 is 5.51 Å². The SMILES string of the molecule is FC(F)(F)SN1CCC(c2cc[nH]c3cnc4nccc4c23)C1. The third-order valence-corrected chi connectivity index (χ3v) is 4.94. The highest BCUT2D eigenvalue weighted by molar-refractivity contribution is 7.97. The number of hydrogen-bond acceptors (Lipinski definition) is 4. The van der Waals surface area contributed by atoms with Crippen LogP contribution in [0.25, 0.3) is 21.9 Å². The largest absolute Gasteiger partial charge is 0.456 e. The number of nitrogens with one attached hydrogen (secondary N) is 1. The Bertz CT molecular complexity index is 861. The molecule has 0 amide bonds. The standard InChI is InChI=1S/C15H13F3N4S/c16-15(17,18)23-22-6-3-9(8-22)10-1-4-19-12-7-21-14-11(13(10)12)2-5-20-14/h1-2,4-5,7,9,19H,3,6,8H2. The van der Waals surface area contributed by atoms with Crippen molar-refractivity contribution >= 4 is 33.9 Å². The van der Waals surface area contributed by atoms with Crippen molar-refractivity contribution in [2.24, 2.45) is 0 Å². The zero-order valence-corrected chi connectivity index (χ0v) is 12.8. The van der Waals surface area contributed by atoms with Gasteiger partial charge in [0.25, 0.3) is 0 Å². The number of alkyl halides is 3. The van der Waals surface area contributed by atoms with E-state index in [1.54, 1.807) is 12.4 Å². The molecular weight excluding hydrogens is 325 g/mol. The third-order valence-electron chi connectivity index (χ3n) is 4.15. The van der Waals surface area contributed by atoms with Crippen LogP contribution in [0.4, 0.5) is 13.2 Å². The van der Waals surface area contributed by atoms with E-state index in [0.717, 1.165) is 21.9 Å². The number of aromatic nitrogens is 3. The molecule has 3 aromatic rings. The van der Waals surface area contributed by atoms with Gasteiger partial charge in [-0.05, 0) is 30.0 Å². The van der Waals surface area contributed by atoms with Crippen molar-refractivity contribution in [3.63, 3.8) is 0 Å². The molecule has 1 atom stereocenters. The highest BCUT2D eigenvalue weighted by Gasteiger charge is 2.36. The smallest absolute Gasteiger partial charge is 0.360 e. The molecule has 1 unspecified atom stereocenters. The first kappa shape index (κ1) is 14.8. The second-order valence-corrected chi connectivity index (χ2v) is 6.73. The summed E-state index contributed by atoms with van der Waals surface area (Å²) < 4.78 is 39.1. The number of rotatable bonds is 2. The molecule has 1 saturated heterocycles. The van der Waals surface area contributed by atoms with E-state index in [1.165, 1.54) is 4.31 Å². The predicted octanol–water partition coefficient (Wildman–Crippen LogP) is 4.07. The summed E-state index contributed by atoms with van der Waals surface area (Å²) in [6.07, 6.45) is 5.96. The fourth-order valence-corrected chi connectivity index (χ4v) is 3.98. The molecule has 0 radical (unpaired) electrons. The van der Waals surface area contributed by atoms with Gasteiger partial charge in [0.15, 0.2) is 5.65 Å². The van der Waals surface area contributed by atoms with Crippen molar-refractivity contribution in [3.8, 4) is 0 Å². The summed E-state index contributed by atoms with van der Waals surface area (Å²) in [7, 11) is 0. The van der Waals surface area contributed by atoms with Crippen LogP contribution < -0.4 is 0 Å². The Labute approximate surface area is 134 Å². The molecule has 0 spiro atoms. The van der Waals surface area contributed by atoms with E-state index in [2.05, 4.69) is 15.0 Å². The molecule has 4 nitrogen and oxygen atoms in total. The number of hydrogen-bond donors (Lipinski definition) is 1. The Hall–Kier alpha value is -1.80. The molecule has 0 saturated carbocycles. The quantitative estimate of drug-likeness (QED) is 0.716. The van der Waals surface area contributed by atoms with Crippen LogP contribution in [0, 0.1) is 0 Å². The average Bonchev–Trinajstić information content (AvgIpc) is 3.13. The van der Waals surface area contributed by atoms with E-state index in [-0.39, 0.29) is 17.9 Å². The highest BCUT2D eigenvalue weighted by Crippen LogP contribution is 2.41. The number of nitrogens with zero attached hydrogens (tertiary/aromatic N) is 3. The zero-order valence-electron chi connectivity index (χ0n) is 12.0. The number of pyridine rings is 2. The summed E-state index contributed by atoms with van der Waals surface area (Å²) in [4.78, 5) is 11.7. The van der Waals surface area contributed by atoms with Gasteiger partial charge < -0.3 is 4.98 Å². The van der Waals surface area contributed by atoms with E-state index in [1.807, 2.05) is 18.3 Å². The molecule has 120 valence electrons. The minimum Gasteiger partial charge on any atom is -0.360 e. The maximum Gasteiger partial charge on any atom is 0.456 e. The Morgan fingerprint density at radius 2 is 2.13 bits per heavy atom. The van der Waals surface area contributed by atoms with Gasteiger partial charge in [-0.15, -0.1) is 0 Å². The number of H-pyrrole nitrogens is 1. The van der Waals surface area contributed by atoms with Gasteiger partial charge in [-0.1, -0.05) is 0 Å². The van der Waals surface area contributed by atoms with E-state index in [0.29, 0.717) is 25.2 Å². The number of aromatic amines is 1. The lowest BCUT2D eigenvalue weighted by molar-refractivity contribution is -0.0359. The lowest BCUT2D eigenvalue weighted by Gasteiger charge is -2.17. The van der Waals surface area contributed by atoms with Gasteiger partial charge in [-0.2, -0.15) is 13.2 Å². The molecule has 1 fully saturated rings. The van der Waals surface area contributed by atoms with Crippen molar-refractivity contribution in [3.05, 3.63) is 36.3 Å². The molecule has 0 aliphatic carbocycles. The van der Waals surface area contributed by atoms with Gasteiger partial charge in [0, 0.05) is 48.2 Å². The molecule has 8 heteroatoms. The molecule has 1 aliphatic rings. The van der Waals surface area contributed by atoms with Crippen LogP contribution >= 0.6 is 11.9 Å². The summed E-state index contributed by atoms with van der Waals surface area (Å²) in [6.45, 7) is 0.823. The van der Waals surface area contributed by atoms with E-state index >= 15 is 0 Å². The van der Waals surface area contributed by atoms with Gasteiger partial charge in [-0.25, -0.2) is 14.3 Å².